The topological polar surface area (TPSA) is 38.0 Å². The maximum atomic E-state index is 5.63. The van der Waals surface area contributed by atoms with Crippen molar-refractivity contribution in [2.75, 3.05) is 11.9 Å². The van der Waals surface area contributed by atoms with Crippen LogP contribution in [0.2, 0.25) is 0 Å². The van der Waals surface area contributed by atoms with Crippen LogP contribution in [-0.4, -0.2) is 11.5 Å². The number of nitrogens with one attached hydrogen (secondary N) is 1. The van der Waals surface area contributed by atoms with Crippen LogP contribution in [-0.2, 0) is 0 Å². The zero-order chi connectivity index (χ0) is 13.1. The highest BCUT2D eigenvalue weighted by Crippen LogP contribution is 2.19. The van der Waals surface area contributed by atoms with Gasteiger partial charge in [-0.15, -0.1) is 0 Å². The monoisotopic (exact) mass is 250 g/mol. The van der Waals surface area contributed by atoms with E-state index in [1.807, 2.05) is 19.1 Å². The molecule has 3 N–H and O–H groups in total. The lowest BCUT2D eigenvalue weighted by Crippen LogP contribution is -2.14. The Labute approximate surface area is 110 Å². The van der Waals surface area contributed by atoms with E-state index in [1.54, 1.807) is 0 Å². The maximum absolute atomic E-state index is 5.63. The van der Waals surface area contributed by atoms with Crippen molar-refractivity contribution < 1.29 is 0 Å². The summed E-state index contributed by atoms with van der Waals surface area (Å²) in [5.74, 6) is 0. The van der Waals surface area contributed by atoms with Gasteiger partial charge in [0.1, 0.15) is 4.99 Å². The van der Waals surface area contributed by atoms with Gasteiger partial charge in [0.05, 0.1) is 0 Å². The second-order valence-electron chi connectivity index (χ2n) is 5.63. The van der Waals surface area contributed by atoms with Gasteiger partial charge in [-0.3, -0.25) is 0 Å². The number of hydrogen-bond acceptors (Lipinski definition) is 2. The Kier molecular flexibility index (Phi) is 4.52. The highest BCUT2D eigenvalue weighted by Gasteiger charge is 2.09. The van der Waals surface area contributed by atoms with Gasteiger partial charge in [0.25, 0.3) is 0 Å². The molecule has 0 atom stereocenters. The lowest BCUT2D eigenvalue weighted by atomic mass is 9.92. The second kappa shape index (κ2) is 5.50. The molecule has 0 aliphatic rings. The van der Waals surface area contributed by atoms with Crippen LogP contribution in [0.1, 0.15) is 38.3 Å². The van der Waals surface area contributed by atoms with Crippen molar-refractivity contribution in [3.63, 3.8) is 0 Å². The molecule has 0 amide bonds. The number of benzene rings is 1. The number of nitrogens with two attached hydrogens (primary N) is 1. The molecule has 0 fully saturated rings. The Bertz CT molecular complexity index is 405. The van der Waals surface area contributed by atoms with Gasteiger partial charge in [-0.2, -0.15) is 0 Å². The smallest absolute Gasteiger partial charge is 0.104 e. The summed E-state index contributed by atoms with van der Waals surface area (Å²) < 4.78 is 0. The van der Waals surface area contributed by atoms with E-state index in [1.165, 1.54) is 0 Å². The first-order valence-electron chi connectivity index (χ1n) is 5.94. The molecule has 17 heavy (non-hydrogen) atoms. The summed E-state index contributed by atoms with van der Waals surface area (Å²) in [7, 11) is 0. The summed E-state index contributed by atoms with van der Waals surface area (Å²) >= 11 is 4.99. The van der Waals surface area contributed by atoms with Crippen LogP contribution in [0.25, 0.3) is 0 Å². The molecule has 0 saturated carbocycles. The Morgan fingerprint density at radius 1 is 1.35 bits per heavy atom. The maximum Gasteiger partial charge on any atom is 0.104 e. The number of aryl methyl sites for hydroxylation is 1. The van der Waals surface area contributed by atoms with E-state index in [2.05, 4.69) is 32.2 Å². The molecule has 0 unspecified atom stereocenters. The molecule has 1 aromatic carbocycles. The lowest BCUT2D eigenvalue weighted by Gasteiger charge is -2.19. The van der Waals surface area contributed by atoms with Crippen molar-refractivity contribution >= 4 is 22.9 Å². The third kappa shape index (κ3) is 4.73. The Morgan fingerprint density at radius 3 is 2.47 bits per heavy atom. The van der Waals surface area contributed by atoms with E-state index in [9.17, 15) is 0 Å². The number of hydrogen-bond donors (Lipinski definition) is 2. The van der Waals surface area contributed by atoms with Crippen LogP contribution in [0, 0.1) is 12.3 Å². The van der Waals surface area contributed by atoms with E-state index in [0.717, 1.165) is 29.8 Å². The molecule has 0 heterocycles. The summed E-state index contributed by atoms with van der Waals surface area (Å²) in [6, 6.07) is 6.11. The SMILES string of the molecule is Cc1cc(NCCC(C)(C)C)ccc1C(N)=S. The van der Waals surface area contributed by atoms with Crippen LogP contribution in [0.5, 0.6) is 0 Å². The Hall–Kier alpha value is -1.09. The first-order valence-corrected chi connectivity index (χ1v) is 6.35. The molecule has 0 aromatic heterocycles. The van der Waals surface area contributed by atoms with E-state index < -0.39 is 0 Å². The van der Waals surface area contributed by atoms with Crippen LogP contribution in [0.4, 0.5) is 5.69 Å². The molecule has 0 aliphatic heterocycles. The standard InChI is InChI=1S/C14H22N2S/c1-10-9-11(5-6-12(10)13(15)17)16-8-7-14(2,3)4/h5-6,9,16H,7-8H2,1-4H3,(H2,15,17). The fourth-order valence-electron chi connectivity index (χ4n) is 1.63. The molecule has 1 aromatic rings. The van der Waals surface area contributed by atoms with E-state index in [4.69, 9.17) is 18.0 Å². The molecule has 0 spiro atoms. The minimum absolute atomic E-state index is 0.362. The van der Waals surface area contributed by atoms with Gasteiger partial charge in [-0.05, 0) is 42.5 Å². The number of rotatable bonds is 4. The minimum atomic E-state index is 0.362. The summed E-state index contributed by atoms with van der Waals surface area (Å²) in [6.45, 7) is 9.75. The third-order valence-corrected chi connectivity index (χ3v) is 2.92. The molecule has 0 saturated heterocycles. The Morgan fingerprint density at radius 2 is 2.00 bits per heavy atom. The third-order valence-electron chi connectivity index (χ3n) is 2.70. The van der Waals surface area contributed by atoms with E-state index in [0.29, 0.717) is 10.4 Å². The molecule has 0 bridgehead atoms. The first-order chi connectivity index (χ1) is 7.79. The van der Waals surface area contributed by atoms with Gasteiger partial charge in [-0.25, -0.2) is 0 Å². The molecule has 94 valence electrons. The predicted octanol–water partition coefficient (Wildman–Crippen LogP) is 3.48. The van der Waals surface area contributed by atoms with Crippen molar-refractivity contribution in [2.45, 2.75) is 34.1 Å². The molecule has 1 rings (SSSR count). The molecule has 0 aliphatic carbocycles. The molecule has 3 heteroatoms. The Balaban J connectivity index is 2.62. The molecule has 0 radical (unpaired) electrons. The van der Waals surface area contributed by atoms with Gasteiger partial charge in [0, 0.05) is 17.8 Å². The highest BCUT2D eigenvalue weighted by molar-refractivity contribution is 7.80. The van der Waals surface area contributed by atoms with Crippen LogP contribution >= 0.6 is 12.2 Å². The van der Waals surface area contributed by atoms with Crippen molar-refractivity contribution in [1.82, 2.24) is 0 Å². The molecular formula is C14H22N2S. The fourth-order valence-corrected chi connectivity index (χ4v) is 1.86. The van der Waals surface area contributed by atoms with E-state index >= 15 is 0 Å². The average molecular weight is 250 g/mol. The number of anilines is 1. The summed E-state index contributed by atoms with van der Waals surface area (Å²) in [6.07, 6.45) is 1.14. The van der Waals surface area contributed by atoms with Crippen molar-refractivity contribution in [3.05, 3.63) is 29.3 Å². The average Bonchev–Trinajstić information content (AvgIpc) is 2.15. The van der Waals surface area contributed by atoms with Crippen LogP contribution in [0.15, 0.2) is 18.2 Å². The van der Waals surface area contributed by atoms with Gasteiger partial charge in [0.2, 0.25) is 0 Å². The summed E-state index contributed by atoms with van der Waals surface area (Å²) in [4.78, 5) is 0.462. The summed E-state index contributed by atoms with van der Waals surface area (Å²) in [5.41, 5.74) is 9.21. The minimum Gasteiger partial charge on any atom is -0.389 e. The van der Waals surface area contributed by atoms with Gasteiger partial charge in [-0.1, -0.05) is 33.0 Å². The quantitative estimate of drug-likeness (QED) is 0.804. The normalized spacial score (nSPS) is 11.3. The van der Waals surface area contributed by atoms with Gasteiger partial charge >= 0.3 is 0 Å². The van der Waals surface area contributed by atoms with Crippen LogP contribution in [0.3, 0.4) is 0 Å². The highest BCUT2D eigenvalue weighted by atomic mass is 32.1. The van der Waals surface area contributed by atoms with Crippen molar-refractivity contribution in [3.8, 4) is 0 Å². The second-order valence-corrected chi connectivity index (χ2v) is 6.07. The molecule has 2 nitrogen and oxygen atoms in total. The predicted molar refractivity (Wildman–Crippen MR) is 79.6 cm³/mol. The fraction of sp³-hybridized carbons (Fsp3) is 0.500. The first kappa shape index (κ1) is 14.0. The largest absolute Gasteiger partial charge is 0.389 e. The number of thiocarbonyl (C=S) groups is 1. The van der Waals surface area contributed by atoms with Crippen LogP contribution < -0.4 is 11.1 Å². The lowest BCUT2D eigenvalue weighted by molar-refractivity contribution is 0.390. The van der Waals surface area contributed by atoms with Gasteiger partial charge < -0.3 is 11.1 Å². The zero-order valence-electron chi connectivity index (χ0n) is 11.1. The van der Waals surface area contributed by atoms with Crippen molar-refractivity contribution in [2.24, 2.45) is 11.1 Å². The zero-order valence-corrected chi connectivity index (χ0v) is 11.9. The van der Waals surface area contributed by atoms with Crippen molar-refractivity contribution in [1.29, 1.82) is 0 Å². The van der Waals surface area contributed by atoms with E-state index in [-0.39, 0.29) is 0 Å². The van der Waals surface area contributed by atoms with Gasteiger partial charge in [0.15, 0.2) is 0 Å². The summed E-state index contributed by atoms with van der Waals surface area (Å²) in [5, 5.41) is 3.42. The molecular weight excluding hydrogens is 228 g/mol.